The second kappa shape index (κ2) is 7.09. The Hall–Kier alpha value is -1.94. The van der Waals surface area contributed by atoms with Crippen LogP contribution >= 0.6 is 0 Å². The van der Waals surface area contributed by atoms with Gasteiger partial charge in [-0.1, -0.05) is 30.3 Å². The van der Waals surface area contributed by atoms with Crippen LogP contribution in [0.5, 0.6) is 5.88 Å². The predicted molar refractivity (Wildman–Crippen MR) is 89.8 cm³/mol. The quantitative estimate of drug-likeness (QED) is 0.940. The van der Waals surface area contributed by atoms with Gasteiger partial charge >= 0.3 is 0 Å². The molecule has 0 aliphatic heterocycles. The van der Waals surface area contributed by atoms with Crippen molar-refractivity contribution in [2.24, 2.45) is 0 Å². The van der Waals surface area contributed by atoms with Crippen LogP contribution in [0.2, 0.25) is 0 Å². The summed E-state index contributed by atoms with van der Waals surface area (Å²) >= 11 is 0. The lowest BCUT2D eigenvalue weighted by Crippen LogP contribution is -2.20. The van der Waals surface area contributed by atoms with Gasteiger partial charge in [0, 0.05) is 17.9 Å². The van der Waals surface area contributed by atoms with Gasteiger partial charge in [-0.2, -0.15) is 4.98 Å². The first-order valence-electron chi connectivity index (χ1n) is 8.30. The molecule has 0 radical (unpaired) electrons. The molecule has 0 saturated heterocycles. The zero-order valence-electron chi connectivity index (χ0n) is 13.8. The average Bonchev–Trinajstić information content (AvgIpc) is 2.58. The number of hydrogen-bond acceptors (Lipinski definition) is 4. The SMILES string of the molecule is COc1nc(C)nc(C2CCC(O)CC2)c1Cc1ccccc1. The highest BCUT2D eigenvalue weighted by molar-refractivity contribution is 5.38. The first kappa shape index (κ1) is 15.9. The third kappa shape index (κ3) is 3.70. The molecule has 23 heavy (non-hydrogen) atoms. The zero-order valence-corrected chi connectivity index (χ0v) is 13.8. The molecule has 0 amide bonds. The van der Waals surface area contributed by atoms with Crippen molar-refractivity contribution in [2.75, 3.05) is 7.11 Å². The highest BCUT2D eigenvalue weighted by atomic mass is 16.5. The van der Waals surface area contributed by atoms with E-state index >= 15 is 0 Å². The van der Waals surface area contributed by atoms with Crippen LogP contribution in [0.1, 0.15) is 54.2 Å². The number of aliphatic hydroxyl groups excluding tert-OH is 1. The molecule has 1 aliphatic carbocycles. The van der Waals surface area contributed by atoms with Crippen LogP contribution in [0.4, 0.5) is 0 Å². The molecule has 1 aromatic heterocycles. The van der Waals surface area contributed by atoms with Crippen LogP contribution in [0.3, 0.4) is 0 Å². The fraction of sp³-hybridized carbons (Fsp3) is 0.474. The summed E-state index contributed by atoms with van der Waals surface area (Å²) in [5, 5.41) is 9.78. The highest BCUT2D eigenvalue weighted by Gasteiger charge is 2.26. The molecule has 1 aromatic carbocycles. The van der Waals surface area contributed by atoms with Crippen molar-refractivity contribution in [3.05, 3.63) is 53.0 Å². The number of rotatable bonds is 4. The van der Waals surface area contributed by atoms with E-state index in [-0.39, 0.29) is 6.10 Å². The number of aromatic nitrogens is 2. The third-order valence-corrected chi connectivity index (χ3v) is 4.61. The van der Waals surface area contributed by atoms with Crippen LogP contribution in [-0.2, 0) is 6.42 Å². The van der Waals surface area contributed by atoms with E-state index in [0.717, 1.165) is 49.2 Å². The summed E-state index contributed by atoms with van der Waals surface area (Å²) in [5.41, 5.74) is 3.42. The Morgan fingerprint density at radius 3 is 2.43 bits per heavy atom. The summed E-state index contributed by atoms with van der Waals surface area (Å²) in [7, 11) is 1.67. The first-order valence-corrected chi connectivity index (χ1v) is 8.30. The maximum absolute atomic E-state index is 9.78. The molecule has 1 N–H and O–H groups in total. The molecule has 0 spiro atoms. The summed E-state index contributed by atoms with van der Waals surface area (Å²) in [6.45, 7) is 1.91. The normalized spacial score (nSPS) is 21.2. The van der Waals surface area contributed by atoms with Gasteiger partial charge in [0.25, 0.3) is 0 Å². The minimum absolute atomic E-state index is 0.159. The Labute approximate surface area is 137 Å². The van der Waals surface area contributed by atoms with Gasteiger partial charge in [0.1, 0.15) is 5.82 Å². The molecular formula is C19H24N2O2. The fourth-order valence-electron chi connectivity index (χ4n) is 3.41. The van der Waals surface area contributed by atoms with E-state index < -0.39 is 0 Å². The van der Waals surface area contributed by atoms with Gasteiger partial charge < -0.3 is 9.84 Å². The molecule has 4 heteroatoms. The Bertz CT molecular complexity index is 650. The van der Waals surface area contributed by atoms with Crippen molar-refractivity contribution in [1.29, 1.82) is 0 Å². The van der Waals surface area contributed by atoms with Crippen molar-refractivity contribution in [3.63, 3.8) is 0 Å². The van der Waals surface area contributed by atoms with E-state index in [1.54, 1.807) is 7.11 Å². The Morgan fingerprint density at radius 1 is 1.09 bits per heavy atom. The third-order valence-electron chi connectivity index (χ3n) is 4.61. The molecular weight excluding hydrogens is 288 g/mol. The lowest BCUT2D eigenvalue weighted by atomic mass is 9.83. The van der Waals surface area contributed by atoms with E-state index in [1.165, 1.54) is 5.56 Å². The standard InChI is InChI=1S/C19H24N2O2/c1-13-20-18(15-8-10-16(22)11-9-15)17(19(21-13)23-2)12-14-6-4-3-5-7-14/h3-7,15-16,22H,8-12H2,1-2H3. The number of methoxy groups -OCH3 is 1. The molecule has 4 nitrogen and oxygen atoms in total. The maximum atomic E-state index is 9.78. The molecule has 3 rings (SSSR count). The van der Waals surface area contributed by atoms with Gasteiger partial charge in [0.2, 0.25) is 5.88 Å². The molecule has 1 fully saturated rings. The summed E-state index contributed by atoms with van der Waals surface area (Å²) in [4.78, 5) is 9.23. The van der Waals surface area contributed by atoms with Gasteiger partial charge in [-0.05, 0) is 38.2 Å². The number of aryl methyl sites for hydroxylation is 1. The van der Waals surface area contributed by atoms with Gasteiger partial charge in [0.05, 0.1) is 18.9 Å². The van der Waals surface area contributed by atoms with E-state index in [9.17, 15) is 5.11 Å². The van der Waals surface area contributed by atoms with E-state index in [2.05, 4.69) is 17.1 Å². The van der Waals surface area contributed by atoms with E-state index in [0.29, 0.717) is 11.8 Å². The van der Waals surface area contributed by atoms with Crippen molar-refractivity contribution in [2.45, 2.75) is 51.0 Å². The second-order valence-electron chi connectivity index (χ2n) is 6.31. The van der Waals surface area contributed by atoms with Gasteiger partial charge in [0.15, 0.2) is 0 Å². The second-order valence-corrected chi connectivity index (χ2v) is 6.31. The van der Waals surface area contributed by atoms with Gasteiger partial charge in [-0.25, -0.2) is 4.98 Å². The summed E-state index contributed by atoms with van der Waals surface area (Å²) in [6, 6.07) is 10.4. The lowest BCUT2D eigenvalue weighted by Gasteiger charge is -2.27. The van der Waals surface area contributed by atoms with Crippen molar-refractivity contribution < 1.29 is 9.84 Å². The average molecular weight is 312 g/mol. The molecule has 0 unspecified atom stereocenters. The summed E-state index contributed by atoms with van der Waals surface area (Å²) < 4.78 is 5.55. The van der Waals surface area contributed by atoms with Crippen molar-refractivity contribution >= 4 is 0 Å². The van der Waals surface area contributed by atoms with Gasteiger partial charge in [-0.3, -0.25) is 0 Å². The summed E-state index contributed by atoms with van der Waals surface area (Å²) in [6.07, 6.45) is 4.26. The van der Waals surface area contributed by atoms with Crippen LogP contribution in [-0.4, -0.2) is 28.3 Å². The van der Waals surface area contributed by atoms with Crippen LogP contribution in [0, 0.1) is 6.92 Å². The van der Waals surface area contributed by atoms with Crippen molar-refractivity contribution in [3.8, 4) is 5.88 Å². The molecule has 122 valence electrons. The minimum Gasteiger partial charge on any atom is -0.481 e. The first-order chi connectivity index (χ1) is 11.2. The highest BCUT2D eigenvalue weighted by Crippen LogP contribution is 2.36. The predicted octanol–water partition coefficient (Wildman–Crippen LogP) is 3.40. The molecule has 0 bridgehead atoms. The lowest BCUT2D eigenvalue weighted by molar-refractivity contribution is 0.121. The smallest absolute Gasteiger partial charge is 0.220 e. The molecule has 2 aromatic rings. The maximum Gasteiger partial charge on any atom is 0.220 e. The fourth-order valence-corrected chi connectivity index (χ4v) is 3.41. The van der Waals surface area contributed by atoms with Gasteiger partial charge in [-0.15, -0.1) is 0 Å². The molecule has 1 saturated carbocycles. The molecule has 1 heterocycles. The number of nitrogens with zero attached hydrogens (tertiary/aromatic N) is 2. The van der Waals surface area contributed by atoms with E-state index in [1.807, 2.05) is 25.1 Å². The van der Waals surface area contributed by atoms with E-state index in [4.69, 9.17) is 9.72 Å². The number of hydrogen-bond donors (Lipinski definition) is 1. The minimum atomic E-state index is -0.159. The van der Waals surface area contributed by atoms with Crippen LogP contribution < -0.4 is 4.74 Å². The zero-order chi connectivity index (χ0) is 16.2. The Morgan fingerprint density at radius 2 is 1.78 bits per heavy atom. The summed E-state index contributed by atoms with van der Waals surface area (Å²) in [5.74, 6) is 1.81. The topological polar surface area (TPSA) is 55.2 Å². The Kier molecular flexibility index (Phi) is 4.91. The number of benzene rings is 1. The largest absolute Gasteiger partial charge is 0.481 e. The van der Waals surface area contributed by atoms with Crippen LogP contribution in [0.25, 0.3) is 0 Å². The number of ether oxygens (including phenoxy) is 1. The Balaban J connectivity index is 1.98. The molecule has 0 atom stereocenters. The molecule has 1 aliphatic rings. The van der Waals surface area contributed by atoms with Crippen LogP contribution in [0.15, 0.2) is 30.3 Å². The monoisotopic (exact) mass is 312 g/mol. The van der Waals surface area contributed by atoms with Crippen molar-refractivity contribution in [1.82, 2.24) is 9.97 Å². The number of aliphatic hydroxyl groups is 1.